The number of nitriles is 1. The normalized spacial score (nSPS) is 10.5. The second kappa shape index (κ2) is 8.68. The van der Waals surface area contributed by atoms with E-state index in [0.29, 0.717) is 11.1 Å². The van der Waals surface area contributed by atoms with Crippen molar-refractivity contribution in [3.05, 3.63) is 34.9 Å². The van der Waals surface area contributed by atoms with Gasteiger partial charge in [0, 0.05) is 5.56 Å². The van der Waals surface area contributed by atoms with Crippen molar-refractivity contribution in [2.24, 2.45) is 0 Å². The van der Waals surface area contributed by atoms with Crippen LogP contribution in [0.3, 0.4) is 0 Å². The van der Waals surface area contributed by atoms with Crippen LogP contribution in [0.1, 0.15) is 21.5 Å². The molecule has 1 rings (SSSR count). The SMILES string of the molecule is Cc1cc(C#N)ccc1C(=O)NCC(=O)NCC(=O)NCC(F)(F)F. The number of rotatable bonds is 6. The fourth-order valence-electron chi connectivity index (χ4n) is 1.75. The molecule has 1 aromatic carbocycles. The Morgan fingerprint density at radius 1 is 1.08 bits per heavy atom. The van der Waals surface area contributed by atoms with Crippen LogP contribution in [-0.4, -0.2) is 43.5 Å². The Morgan fingerprint density at radius 3 is 2.24 bits per heavy atom. The predicted octanol–water partition coefficient (Wildman–Crippen LogP) is 0.391. The lowest BCUT2D eigenvalue weighted by molar-refractivity contribution is -0.138. The third-order valence-electron chi connectivity index (χ3n) is 2.94. The minimum absolute atomic E-state index is 0.273. The molecule has 1 aromatic rings. The molecule has 0 aromatic heterocycles. The van der Waals surface area contributed by atoms with Gasteiger partial charge in [-0.2, -0.15) is 18.4 Å². The third-order valence-corrected chi connectivity index (χ3v) is 2.94. The zero-order chi connectivity index (χ0) is 19.0. The van der Waals surface area contributed by atoms with E-state index in [-0.39, 0.29) is 5.56 Å². The largest absolute Gasteiger partial charge is 0.405 e. The molecule has 7 nitrogen and oxygen atoms in total. The first-order chi connectivity index (χ1) is 11.6. The molecule has 0 unspecified atom stereocenters. The molecule has 0 bridgehead atoms. The first-order valence-electron chi connectivity index (χ1n) is 7.01. The van der Waals surface area contributed by atoms with E-state index in [4.69, 9.17) is 5.26 Å². The number of nitrogens with zero attached hydrogens (tertiary/aromatic N) is 1. The molecule has 10 heteroatoms. The van der Waals surface area contributed by atoms with Gasteiger partial charge in [0.2, 0.25) is 11.8 Å². The Bertz CT molecular complexity index is 711. The molecular weight excluding hydrogens is 341 g/mol. The number of benzene rings is 1. The van der Waals surface area contributed by atoms with E-state index in [1.807, 2.05) is 6.07 Å². The molecule has 3 amide bonds. The first-order valence-corrected chi connectivity index (χ1v) is 7.01. The van der Waals surface area contributed by atoms with Gasteiger partial charge in [-0.15, -0.1) is 0 Å². The monoisotopic (exact) mass is 356 g/mol. The molecule has 0 saturated carbocycles. The number of hydrogen-bond acceptors (Lipinski definition) is 4. The molecule has 134 valence electrons. The summed E-state index contributed by atoms with van der Waals surface area (Å²) in [5.41, 5.74) is 1.20. The highest BCUT2D eigenvalue weighted by atomic mass is 19.4. The van der Waals surface area contributed by atoms with Gasteiger partial charge >= 0.3 is 6.18 Å². The van der Waals surface area contributed by atoms with Gasteiger partial charge in [0.25, 0.3) is 5.91 Å². The number of carbonyl (C=O) groups is 3. The van der Waals surface area contributed by atoms with Crippen molar-refractivity contribution in [3.8, 4) is 6.07 Å². The van der Waals surface area contributed by atoms with Gasteiger partial charge in [0.05, 0.1) is 24.7 Å². The van der Waals surface area contributed by atoms with Gasteiger partial charge in [-0.05, 0) is 30.7 Å². The molecule has 25 heavy (non-hydrogen) atoms. The lowest BCUT2D eigenvalue weighted by Crippen LogP contribution is -2.43. The van der Waals surface area contributed by atoms with Crippen LogP contribution in [0.2, 0.25) is 0 Å². The lowest BCUT2D eigenvalue weighted by Gasteiger charge is -2.10. The van der Waals surface area contributed by atoms with Gasteiger partial charge in [-0.3, -0.25) is 14.4 Å². The number of nitrogens with one attached hydrogen (secondary N) is 3. The maximum absolute atomic E-state index is 11.9. The zero-order valence-electron chi connectivity index (χ0n) is 13.2. The third kappa shape index (κ3) is 7.34. The number of amides is 3. The Hall–Kier alpha value is -3.09. The molecule has 0 aliphatic carbocycles. The maximum Gasteiger partial charge on any atom is 0.405 e. The molecule has 0 aliphatic rings. The van der Waals surface area contributed by atoms with Crippen LogP contribution in [0, 0.1) is 18.3 Å². The van der Waals surface area contributed by atoms with Crippen LogP contribution in [0.15, 0.2) is 18.2 Å². The van der Waals surface area contributed by atoms with Crippen molar-refractivity contribution in [3.63, 3.8) is 0 Å². The summed E-state index contributed by atoms with van der Waals surface area (Å²) in [4.78, 5) is 34.6. The standard InChI is InChI=1S/C15H15F3N4O3/c1-9-4-10(5-19)2-3-11(9)14(25)21-7-12(23)20-6-13(24)22-8-15(16,17)18/h2-4H,6-8H2,1H3,(H,20,23)(H,21,25)(H,22,24). The Labute approximate surface area is 141 Å². The van der Waals surface area contributed by atoms with E-state index in [0.717, 1.165) is 0 Å². The van der Waals surface area contributed by atoms with Crippen LogP contribution in [0.25, 0.3) is 0 Å². The summed E-state index contributed by atoms with van der Waals surface area (Å²) in [6.45, 7) is -0.956. The van der Waals surface area contributed by atoms with Crippen LogP contribution in [0.5, 0.6) is 0 Å². The van der Waals surface area contributed by atoms with Crippen molar-refractivity contribution in [2.75, 3.05) is 19.6 Å². The van der Waals surface area contributed by atoms with Crippen molar-refractivity contribution in [1.29, 1.82) is 5.26 Å². The molecule has 3 N–H and O–H groups in total. The van der Waals surface area contributed by atoms with Gasteiger partial charge in [-0.25, -0.2) is 0 Å². The van der Waals surface area contributed by atoms with E-state index in [1.165, 1.54) is 18.2 Å². The fraction of sp³-hybridized carbons (Fsp3) is 0.333. The molecule has 0 heterocycles. The molecule has 0 aliphatic heterocycles. The Morgan fingerprint density at radius 2 is 1.68 bits per heavy atom. The van der Waals surface area contributed by atoms with E-state index in [2.05, 4.69) is 10.6 Å². The Kier molecular flexibility index (Phi) is 6.93. The van der Waals surface area contributed by atoms with Gasteiger partial charge in [-0.1, -0.05) is 0 Å². The highest BCUT2D eigenvalue weighted by Crippen LogP contribution is 2.12. The average molecular weight is 356 g/mol. The quantitative estimate of drug-likeness (QED) is 0.685. The topological polar surface area (TPSA) is 111 Å². The van der Waals surface area contributed by atoms with E-state index < -0.39 is 43.5 Å². The van der Waals surface area contributed by atoms with Gasteiger partial charge in [0.1, 0.15) is 6.54 Å². The number of hydrogen-bond donors (Lipinski definition) is 3. The summed E-state index contributed by atoms with van der Waals surface area (Å²) in [6.07, 6.45) is -4.54. The summed E-state index contributed by atoms with van der Waals surface area (Å²) in [7, 11) is 0. The lowest BCUT2D eigenvalue weighted by atomic mass is 10.1. The van der Waals surface area contributed by atoms with Crippen LogP contribution in [-0.2, 0) is 9.59 Å². The summed E-state index contributed by atoms with van der Waals surface area (Å²) in [5, 5.41) is 14.7. The average Bonchev–Trinajstić information content (AvgIpc) is 2.55. The Balaban J connectivity index is 2.40. The number of halogens is 3. The van der Waals surface area contributed by atoms with Crippen LogP contribution in [0.4, 0.5) is 13.2 Å². The molecule has 0 spiro atoms. The molecule has 0 radical (unpaired) electrons. The fourth-order valence-corrected chi connectivity index (χ4v) is 1.75. The van der Waals surface area contributed by atoms with Crippen LogP contribution < -0.4 is 16.0 Å². The van der Waals surface area contributed by atoms with Crippen molar-refractivity contribution in [2.45, 2.75) is 13.1 Å². The minimum Gasteiger partial charge on any atom is -0.346 e. The smallest absolute Gasteiger partial charge is 0.346 e. The minimum atomic E-state index is -4.54. The summed E-state index contributed by atoms with van der Waals surface area (Å²) < 4.78 is 35.7. The first kappa shape index (κ1) is 20.0. The number of carbonyl (C=O) groups excluding carboxylic acids is 3. The van der Waals surface area contributed by atoms with Crippen molar-refractivity contribution >= 4 is 17.7 Å². The van der Waals surface area contributed by atoms with Gasteiger partial charge in [0.15, 0.2) is 0 Å². The van der Waals surface area contributed by atoms with E-state index >= 15 is 0 Å². The van der Waals surface area contributed by atoms with E-state index in [1.54, 1.807) is 12.2 Å². The van der Waals surface area contributed by atoms with Crippen LogP contribution >= 0.6 is 0 Å². The van der Waals surface area contributed by atoms with E-state index in [9.17, 15) is 27.6 Å². The predicted molar refractivity (Wildman–Crippen MR) is 80.3 cm³/mol. The highest BCUT2D eigenvalue weighted by Gasteiger charge is 2.27. The molecular formula is C15H15F3N4O3. The maximum atomic E-state index is 11.9. The molecule has 0 saturated heterocycles. The van der Waals surface area contributed by atoms with Crippen molar-refractivity contribution in [1.82, 2.24) is 16.0 Å². The highest BCUT2D eigenvalue weighted by molar-refractivity contribution is 5.98. The summed E-state index contributed by atoms with van der Waals surface area (Å²) in [5.74, 6) is -2.29. The number of alkyl halides is 3. The molecule has 0 fully saturated rings. The zero-order valence-corrected chi connectivity index (χ0v) is 13.2. The summed E-state index contributed by atoms with van der Waals surface area (Å²) >= 11 is 0. The second-order valence-corrected chi connectivity index (χ2v) is 4.99. The second-order valence-electron chi connectivity index (χ2n) is 4.99. The van der Waals surface area contributed by atoms with Gasteiger partial charge < -0.3 is 16.0 Å². The summed E-state index contributed by atoms with van der Waals surface area (Å²) in [6, 6.07) is 6.33. The molecule has 0 atom stereocenters. The number of aryl methyl sites for hydroxylation is 1. The van der Waals surface area contributed by atoms with Crippen molar-refractivity contribution < 1.29 is 27.6 Å².